The number of phenolic OH excluding ortho intramolecular Hbond substituents is 1. The molecule has 1 rings (SSSR count). The van der Waals surface area contributed by atoms with E-state index in [9.17, 15) is 5.11 Å². The minimum absolute atomic E-state index is 0.308. The Labute approximate surface area is 138 Å². The van der Waals surface area contributed by atoms with E-state index < -0.39 is 0 Å². The lowest BCUT2D eigenvalue weighted by molar-refractivity contribution is 0.360. The van der Waals surface area contributed by atoms with Gasteiger partial charge in [-0.3, -0.25) is 0 Å². The van der Waals surface area contributed by atoms with Crippen LogP contribution in [-0.2, 0) is 19.6 Å². The number of rotatable bonds is 7. The first kappa shape index (κ1) is 18.8. The molecule has 0 atom stereocenters. The third kappa shape index (κ3) is 5.18. The van der Waals surface area contributed by atoms with Gasteiger partial charge in [-0.2, -0.15) is 5.26 Å². The van der Waals surface area contributed by atoms with E-state index in [1.807, 2.05) is 58.2 Å². The lowest BCUT2D eigenvalue weighted by atomic mass is 10.0. The van der Waals surface area contributed by atoms with Crippen LogP contribution in [-0.4, -0.2) is 62.1 Å². The number of hydrogen-bond acceptors (Lipinski definition) is 6. The van der Waals surface area contributed by atoms with Crippen molar-refractivity contribution in [2.24, 2.45) is 0 Å². The van der Waals surface area contributed by atoms with Crippen molar-refractivity contribution >= 4 is 11.8 Å². The van der Waals surface area contributed by atoms with Crippen molar-refractivity contribution in [2.75, 3.05) is 42.3 Å². The molecule has 122 valence electrons. The number of thioether (sulfide) groups is 1. The quantitative estimate of drug-likeness (QED) is 0.613. The van der Waals surface area contributed by atoms with Crippen LogP contribution in [0.4, 0.5) is 0 Å². The number of nitrogens with zero attached hydrogens (tertiary/aromatic N) is 4. The normalized spacial score (nSPS) is 11.5. The first-order valence-corrected chi connectivity index (χ1v) is 7.94. The molecule has 0 aliphatic carbocycles. The highest BCUT2D eigenvalue weighted by Crippen LogP contribution is 2.37. The molecule has 0 radical (unpaired) electrons. The Bertz CT molecular complexity index is 550. The fraction of sp³-hybridized carbons (Fsp3) is 0.562. The van der Waals surface area contributed by atoms with Crippen LogP contribution in [0, 0.1) is 10.7 Å². The topological polar surface area (TPSA) is 53.7 Å². The smallest absolute Gasteiger partial charge is 0.138 e. The third-order valence-corrected chi connectivity index (χ3v) is 3.90. The summed E-state index contributed by atoms with van der Waals surface area (Å²) in [5.41, 5.74) is 2.83. The predicted molar refractivity (Wildman–Crippen MR) is 91.7 cm³/mol. The van der Waals surface area contributed by atoms with Gasteiger partial charge in [-0.25, -0.2) is 0 Å². The van der Waals surface area contributed by atoms with Crippen LogP contribution in [0.3, 0.4) is 0 Å². The molecule has 0 aromatic heterocycles. The molecule has 0 amide bonds. The number of thiocyanates is 1. The summed E-state index contributed by atoms with van der Waals surface area (Å²) in [5.74, 6) is 0.308. The summed E-state index contributed by atoms with van der Waals surface area (Å²) < 4.78 is 0. The summed E-state index contributed by atoms with van der Waals surface area (Å²) in [6.07, 6.45) is 0. The van der Waals surface area contributed by atoms with Gasteiger partial charge < -0.3 is 19.8 Å². The molecule has 0 bridgehead atoms. The summed E-state index contributed by atoms with van der Waals surface area (Å²) in [5, 5.41) is 22.0. The lowest BCUT2D eigenvalue weighted by Gasteiger charge is -2.22. The van der Waals surface area contributed by atoms with E-state index in [1.54, 1.807) is 0 Å². The van der Waals surface area contributed by atoms with Crippen molar-refractivity contribution in [1.82, 2.24) is 14.7 Å². The molecule has 0 heterocycles. The summed E-state index contributed by atoms with van der Waals surface area (Å²) in [7, 11) is 11.9. The molecule has 1 aromatic rings. The first-order chi connectivity index (χ1) is 10.3. The van der Waals surface area contributed by atoms with Gasteiger partial charge in [0.2, 0.25) is 0 Å². The minimum Gasteiger partial charge on any atom is -0.507 e. The fourth-order valence-corrected chi connectivity index (χ4v) is 3.02. The summed E-state index contributed by atoms with van der Waals surface area (Å²) in [6.45, 7) is 2.02. The van der Waals surface area contributed by atoms with Gasteiger partial charge >= 0.3 is 0 Å². The zero-order valence-corrected chi connectivity index (χ0v) is 15.2. The predicted octanol–water partition coefficient (Wildman–Crippen LogP) is 2.15. The summed E-state index contributed by atoms with van der Waals surface area (Å²) >= 11 is 1.13. The molecule has 0 saturated heterocycles. The second kappa shape index (κ2) is 8.39. The molecular formula is C16H26N4OS. The van der Waals surface area contributed by atoms with Crippen molar-refractivity contribution < 1.29 is 5.11 Å². The number of hydrogen-bond donors (Lipinski definition) is 1. The van der Waals surface area contributed by atoms with E-state index in [1.165, 1.54) is 0 Å². The molecule has 1 N–H and O–H groups in total. The third-order valence-electron chi connectivity index (χ3n) is 3.10. The monoisotopic (exact) mass is 322 g/mol. The van der Waals surface area contributed by atoms with Crippen LogP contribution in [0.15, 0.2) is 11.0 Å². The molecule has 0 aliphatic heterocycles. The zero-order chi connectivity index (χ0) is 16.9. The summed E-state index contributed by atoms with van der Waals surface area (Å²) in [4.78, 5) is 7.00. The Morgan fingerprint density at radius 1 is 0.955 bits per heavy atom. The van der Waals surface area contributed by atoms with Crippen molar-refractivity contribution in [1.29, 1.82) is 5.26 Å². The Balaban J connectivity index is 3.48. The van der Waals surface area contributed by atoms with Gasteiger partial charge in [-0.1, -0.05) is 0 Å². The molecule has 0 saturated carbocycles. The average molecular weight is 322 g/mol. The van der Waals surface area contributed by atoms with Gasteiger partial charge in [-0.05, 0) is 65.7 Å². The van der Waals surface area contributed by atoms with Crippen LogP contribution < -0.4 is 0 Å². The second-order valence-electron chi connectivity index (χ2n) is 6.26. The van der Waals surface area contributed by atoms with Crippen LogP contribution >= 0.6 is 11.8 Å². The highest BCUT2D eigenvalue weighted by atomic mass is 32.2. The SMILES string of the molecule is CN(C)Cc1cc(CN(C)C)c(SC#N)c(CN(C)C)c1O. The molecule has 5 nitrogen and oxygen atoms in total. The number of nitriles is 1. The zero-order valence-electron chi connectivity index (χ0n) is 14.3. The Morgan fingerprint density at radius 2 is 1.45 bits per heavy atom. The largest absolute Gasteiger partial charge is 0.507 e. The van der Waals surface area contributed by atoms with E-state index >= 15 is 0 Å². The fourth-order valence-electron chi connectivity index (χ4n) is 2.39. The van der Waals surface area contributed by atoms with E-state index in [0.29, 0.717) is 18.8 Å². The molecule has 1 aromatic carbocycles. The molecule has 22 heavy (non-hydrogen) atoms. The Hall–Kier alpha value is -1.26. The van der Waals surface area contributed by atoms with Gasteiger partial charge in [-0.15, -0.1) is 0 Å². The van der Waals surface area contributed by atoms with Crippen LogP contribution in [0.2, 0.25) is 0 Å². The highest BCUT2D eigenvalue weighted by Gasteiger charge is 2.19. The molecular weight excluding hydrogens is 296 g/mol. The van der Waals surface area contributed by atoms with E-state index in [4.69, 9.17) is 5.26 Å². The van der Waals surface area contributed by atoms with Gasteiger partial charge in [0.05, 0.1) is 0 Å². The standard InChI is InChI=1S/C16H26N4OS/c1-18(2)8-12-7-13(9-19(3)4)16(22-11-17)14(15(12)21)10-20(5)6/h7,21H,8-10H2,1-6H3. The maximum atomic E-state index is 10.7. The molecule has 0 unspecified atom stereocenters. The summed E-state index contributed by atoms with van der Waals surface area (Å²) in [6, 6.07) is 2.02. The van der Waals surface area contributed by atoms with Gasteiger partial charge in [0, 0.05) is 35.7 Å². The average Bonchev–Trinajstić information content (AvgIpc) is 2.37. The van der Waals surface area contributed by atoms with Crippen LogP contribution in [0.1, 0.15) is 16.7 Å². The lowest BCUT2D eigenvalue weighted by Crippen LogP contribution is -2.17. The second-order valence-corrected chi connectivity index (χ2v) is 7.05. The number of benzene rings is 1. The van der Waals surface area contributed by atoms with Crippen molar-refractivity contribution in [3.63, 3.8) is 0 Å². The number of phenols is 1. The molecule has 6 heteroatoms. The van der Waals surface area contributed by atoms with E-state index in [-0.39, 0.29) is 0 Å². The van der Waals surface area contributed by atoms with E-state index in [0.717, 1.165) is 39.9 Å². The van der Waals surface area contributed by atoms with Gasteiger partial charge in [0.1, 0.15) is 11.2 Å². The molecule has 0 aliphatic rings. The van der Waals surface area contributed by atoms with Crippen molar-refractivity contribution in [3.8, 4) is 11.2 Å². The first-order valence-electron chi connectivity index (χ1n) is 7.13. The maximum Gasteiger partial charge on any atom is 0.138 e. The van der Waals surface area contributed by atoms with Gasteiger partial charge in [0.15, 0.2) is 0 Å². The number of aromatic hydroxyl groups is 1. The Kier molecular flexibility index (Phi) is 7.17. The van der Waals surface area contributed by atoms with Crippen LogP contribution in [0.5, 0.6) is 5.75 Å². The highest BCUT2D eigenvalue weighted by molar-refractivity contribution is 8.03. The maximum absolute atomic E-state index is 10.7. The van der Waals surface area contributed by atoms with Gasteiger partial charge in [0.25, 0.3) is 0 Å². The van der Waals surface area contributed by atoms with Crippen molar-refractivity contribution in [3.05, 3.63) is 22.8 Å². The minimum atomic E-state index is 0.308. The van der Waals surface area contributed by atoms with Crippen molar-refractivity contribution in [2.45, 2.75) is 24.5 Å². The molecule has 0 spiro atoms. The van der Waals surface area contributed by atoms with E-state index in [2.05, 4.69) is 10.3 Å². The molecule has 0 fully saturated rings. The Morgan fingerprint density at radius 3 is 1.91 bits per heavy atom. The van der Waals surface area contributed by atoms with Crippen LogP contribution in [0.25, 0.3) is 0 Å².